The van der Waals surface area contributed by atoms with Crippen molar-refractivity contribution < 1.29 is 23.1 Å². The molecule has 3 rings (SSSR count). The van der Waals surface area contributed by atoms with Crippen molar-refractivity contribution in [3.63, 3.8) is 0 Å². The van der Waals surface area contributed by atoms with Crippen molar-refractivity contribution in [2.75, 3.05) is 11.9 Å². The van der Waals surface area contributed by atoms with Crippen LogP contribution in [0.15, 0.2) is 52.9 Å². The van der Waals surface area contributed by atoms with Crippen LogP contribution >= 0.6 is 0 Å². The highest BCUT2D eigenvalue weighted by molar-refractivity contribution is 5.94. The summed E-state index contributed by atoms with van der Waals surface area (Å²) in [6, 6.07) is 12.8. The Hall–Kier alpha value is -3.55. The quantitative estimate of drug-likeness (QED) is 0.707. The molecule has 0 fully saturated rings. The number of ether oxygens (including phenoxy) is 1. The predicted molar refractivity (Wildman–Crippen MR) is 89.8 cm³/mol. The number of hydrogen-bond acceptors (Lipinski definition) is 6. The summed E-state index contributed by atoms with van der Waals surface area (Å²) in [5.41, 5.74) is 1.13. The van der Waals surface area contributed by atoms with Gasteiger partial charge in [-0.05, 0) is 36.8 Å². The number of hydrogen-bond donors (Lipinski definition) is 1. The Kier molecular flexibility index (Phi) is 5.02. The minimum absolute atomic E-state index is 0.0186. The van der Waals surface area contributed by atoms with E-state index in [1.54, 1.807) is 19.1 Å². The molecule has 0 aliphatic carbocycles. The molecule has 26 heavy (non-hydrogen) atoms. The number of halogens is 1. The maximum absolute atomic E-state index is 13.5. The third-order valence-corrected chi connectivity index (χ3v) is 3.43. The summed E-state index contributed by atoms with van der Waals surface area (Å²) in [5.74, 6) is -1.75. The van der Waals surface area contributed by atoms with Gasteiger partial charge in [0.2, 0.25) is 5.89 Å². The van der Waals surface area contributed by atoms with Gasteiger partial charge in [-0.2, -0.15) is 0 Å². The molecule has 1 heterocycles. The minimum Gasteiger partial charge on any atom is -0.452 e. The Bertz CT molecular complexity index is 941. The van der Waals surface area contributed by atoms with Gasteiger partial charge in [-0.1, -0.05) is 29.4 Å². The Morgan fingerprint density at radius 2 is 1.92 bits per heavy atom. The summed E-state index contributed by atoms with van der Waals surface area (Å²) in [6.07, 6.45) is 0. The van der Waals surface area contributed by atoms with Gasteiger partial charge in [-0.3, -0.25) is 10.1 Å². The monoisotopic (exact) mass is 355 g/mol. The number of nitrogens with one attached hydrogen (secondary N) is 1. The van der Waals surface area contributed by atoms with Gasteiger partial charge in [0.25, 0.3) is 5.91 Å². The van der Waals surface area contributed by atoms with E-state index in [0.717, 1.165) is 6.07 Å². The Morgan fingerprint density at radius 3 is 2.65 bits per heavy atom. The number of benzene rings is 2. The van der Waals surface area contributed by atoms with Crippen LogP contribution in [0, 0.1) is 12.7 Å². The lowest BCUT2D eigenvalue weighted by molar-refractivity contribution is -0.119. The average Bonchev–Trinajstić information content (AvgIpc) is 3.11. The van der Waals surface area contributed by atoms with Crippen LogP contribution < -0.4 is 5.32 Å². The zero-order valence-electron chi connectivity index (χ0n) is 13.7. The average molecular weight is 355 g/mol. The first-order chi connectivity index (χ1) is 12.5. The number of anilines is 1. The van der Waals surface area contributed by atoms with E-state index in [4.69, 9.17) is 9.15 Å². The van der Waals surface area contributed by atoms with Gasteiger partial charge in [0.05, 0.1) is 5.56 Å². The highest BCUT2D eigenvalue weighted by atomic mass is 19.1. The molecule has 1 aromatic heterocycles. The van der Waals surface area contributed by atoms with E-state index in [-0.39, 0.29) is 17.5 Å². The molecule has 3 aromatic rings. The van der Waals surface area contributed by atoms with Crippen LogP contribution in [0.4, 0.5) is 10.4 Å². The van der Waals surface area contributed by atoms with E-state index >= 15 is 0 Å². The molecule has 0 atom stereocenters. The van der Waals surface area contributed by atoms with Crippen molar-refractivity contribution >= 4 is 17.9 Å². The highest BCUT2D eigenvalue weighted by Gasteiger charge is 2.14. The van der Waals surface area contributed by atoms with Gasteiger partial charge in [-0.15, -0.1) is 5.10 Å². The minimum atomic E-state index is -0.811. The standard InChI is InChI=1S/C18H14FN3O4/c1-11-7-8-13(9-14(11)19)17(24)25-10-15(23)20-18-22-21-16(26-18)12-5-3-2-4-6-12/h2-9H,10H2,1H3,(H,20,22,23). The first-order valence-electron chi connectivity index (χ1n) is 7.65. The molecule has 0 radical (unpaired) electrons. The van der Waals surface area contributed by atoms with Gasteiger partial charge < -0.3 is 9.15 Å². The molecule has 2 aromatic carbocycles. The lowest BCUT2D eigenvalue weighted by Crippen LogP contribution is -2.21. The number of aryl methyl sites for hydroxylation is 1. The van der Waals surface area contributed by atoms with E-state index in [1.807, 2.05) is 18.2 Å². The second-order valence-electron chi connectivity index (χ2n) is 5.37. The van der Waals surface area contributed by atoms with Crippen molar-refractivity contribution in [1.82, 2.24) is 10.2 Å². The summed E-state index contributed by atoms with van der Waals surface area (Å²) in [4.78, 5) is 23.7. The molecular weight excluding hydrogens is 341 g/mol. The van der Waals surface area contributed by atoms with E-state index in [1.165, 1.54) is 12.1 Å². The van der Waals surface area contributed by atoms with Gasteiger partial charge in [-0.25, -0.2) is 9.18 Å². The fourth-order valence-corrected chi connectivity index (χ4v) is 2.06. The molecule has 1 N–H and O–H groups in total. The molecule has 0 spiro atoms. The topological polar surface area (TPSA) is 94.3 Å². The molecule has 132 valence electrons. The molecule has 0 aliphatic rings. The molecular formula is C18H14FN3O4. The third kappa shape index (κ3) is 4.10. The summed E-state index contributed by atoms with van der Waals surface area (Å²) >= 11 is 0. The fraction of sp³-hybridized carbons (Fsp3) is 0.111. The maximum Gasteiger partial charge on any atom is 0.338 e. The van der Waals surface area contributed by atoms with Crippen LogP contribution in [0.5, 0.6) is 0 Å². The second-order valence-corrected chi connectivity index (χ2v) is 5.37. The zero-order chi connectivity index (χ0) is 18.5. The second kappa shape index (κ2) is 7.56. The normalized spacial score (nSPS) is 10.4. The van der Waals surface area contributed by atoms with E-state index < -0.39 is 24.3 Å². The first kappa shape index (κ1) is 17.3. The fourth-order valence-electron chi connectivity index (χ4n) is 2.06. The number of esters is 1. The zero-order valence-corrected chi connectivity index (χ0v) is 13.7. The summed E-state index contributed by atoms with van der Waals surface area (Å²) in [7, 11) is 0. The summed E-state index contributed by atoms with van der Waals surface area (Å²) in [5, 5.41) is 9.85. The maximum atomic E-state index is 13.5. The third-order valence-electron chi connectivity index (χ3n) is 3.43. The Labute approximate surface area is 147 Å². The molecule has 0 saturated heterocycles. The molecule has 8 heteroatoms. The lowest BCUT2D eigenvalue weighted by Gasteiger charge is -2.05. The molecule has 0 bridgehead atoms. The van der Waals surface area contributed by atoms with Crippen molar-refractivity contribution in [2.24, 2.45) is 0 Å². The van der Waals surface area contributed by atoms with Crippen LogP contribution in [0.1, 0.15) is 15.9 Å². The Morgan fingerprint density at radius 1 is 1.15 bits per heavy atom. The van der Waals surface area contributed by atoms with E-state index in [9.17, 15) is 14.0 Å². The van der Waals surface area contributed by atoms with E-state index in [2.05, 4.69) is 15.5 Å². The van der Waals surface area contributed by atoms with Crippen LogP contribution in [0.2, 0.25) is 0 Å². The number of aromatic nitrogens is 2. The van der Waals surface area contributed by atoms with Crippen molar-refractivity contribution in [3.05, 3.63) is 65.5 Å². The molecule has 7 nitrogen and oxygen atoms in total. The van der Waals surface area contributed by atoms with Gasteiger partial charge in [0.15, 0.2) is 6.61 Å². The number of carbonyl (C=O) groups excluding carboxylic acids is 2. The molecule has 1 amide bonds. The number of amides is 1. The van der Waals surface area contributed by atoms with Gasteiger partial charge in [0, 0.05) is 5.56 Å². The van der Waals surface area contributed by atoms with Gasteiger partial charge >= 0.3 is 12.0 Å². The SMILES string of the molecule is Cc1ccc(C(=O)OCC(=O)Nc2nnc(-c3ccccc3)o2)cc1F. The largest absolute Gasteiger partial charge is 0.452 e. The van der Waals surface area contributed by atoms with Crippen molar-refractivity contribution in [2.45, 2.75) is 6.92 Å². The number of nitrogens with zero attached hydrogens (tertiary/aromatic N) is 2. The first-order valence-corrected chi connectivity index (χ1v) is 7.65. The van der Waals surface area contributed by atoms with Crippen LogP contribution in [-0.2, 0) is 9.53 Å². The van der Waals surface area contributed by atoms with Crippen LogP contribution in [0.3, 0.4) is 0 Å². The molecule has 0 unspecified atom stereocenters. The highest BCUT2D eigenvalue weighted by Crippen LogP contribution is 2.19. The van der Waals surface area contributed by atoms with Crippen molar-refractivity contribution in [1.29, 1.82) is 0 Å². The smallest absolute Gasteiger partial charge is 0.338 e. The van der Waals surface area contributed by atoms with E-state index in [0.29, 0.717) is 11.1 Å². The molecule has 0 aliphatic heterocycles. The molecule has 0 saturated carbocycles. The van der Waals surface area contributed by atoms with Gasteiger partial charge in [0.1, 0.15) is 5.82 Å². The van der Waals surface area contributed by atoms with Crippen molar-refractivity contribution in [3.8, 4) is 11.5 Å². The number of carbonyl (C=O) groups is 2. The lowest BCUT2D eigenvalue weighted by atomic mass is 10.1. The summed E-state index contributed by atoms with van der Waals surface area (Å²) in [6.45, 7) is 1.00. The Balaban J connectivity index is 1.55. The predicted octanol–water partition coefficient (Wildman–Crippen LogP) is 2.98. The summed E-state index contributed by atoms with van der Waals surface area (Å²) < 4.78 is 23.6. The van der Waals surface area contributed by atoms with Crippen LogP contribution in [0.25, 0.3) is 11.5 Å². The van der Waals surface area contributed by atoms with Crippen LogP contribution in [-0.4, -0.2) is 28.7 Å². The number of rotatable bonds is 5.